The van der Waals surface area contributed by atoms with Gasteiger partial charge in [-0.25, -0.2) is 0 Å². The number of likely N-dealkylation sites (tertiary alicyclic amines) is 1. The number of hydrogen-bond acceptors (Lipinski definition) is 3. The van der Waals surface area contributed by atoms with E-state index in [1.165, 1.54) is 21.6 Å². The zero-order valence-electron chi connectivity index (χ0n) is 17.4. The van der Waals surface area contributed by atoms with E-state index in [4.69, 9.17) is 0 Å². The van der Waals surface area contributed by atoms with Crippen molar-refractivity contribution >= 4 is 11.8 Å². The van der Waals surface area contributed by atoms with Crippen molar-refractivity contribution < 1.29 is 9.59 Å². The van der Waals surface area contributed by atoms with Crippen molar-refractivity contribution in [1.29, 1.82) is 0 Å². The highest BCUT2D eigenvalue weighted by Gasteiger charge is 2.38. The maximum atomic E-state index is 12.7. The van der Waals surface area contributed by atoms with Crippen molar-refractivity contribution in [1.82, 2.24) is 9.80 Å². The van der Waals surface area contributed by atoms with Gasteiger partial charge in [0.2, 0.25) is 0 Å². The van der Waals surface area contributed by atoms with Gasteiger partial charge in [0.1, 0.15) is 0 Å². The summed E-state index contributed by atoms with van der Waals surface area (Å²) >= 11 is 0. The standard InChI is InChI=1S/C27H24N2O2/c1-19(29-26(30)23-14-8-9-15-24(23)27(29)31)16-20-17-28(18-20)25(21-10-4-2-5-11-21)22-12-6-3-7-13-22/h2-16,19,25H,17-18H2,1H3. The Balaban J connectivity index is 1.34. The summed E-state index contributed by atoms with van der Waals surface area (Å²) in [6.45, 7) is 3.56. The molecule has 2 amide bonds. The molecule has 1 unspecified atom stereocenters. The molecule has 3 aromatic carbocycles. The van der Waals surface area contributed by atoms with Gasteiger partial charge in [-0.1, -0.05) is 78.9 Å². The molecule has 1 fully saturated rings. The summed E-state index contributed by atoms with van der Waals surface area (Å²) in [5.41, 5.74) is 4.78. The first-order chi connectivity index (χ1) is 15.1. The number of hydrogen-bond donors (Lipinski definition) is 0. The van der Waals surface area contributed by atoms with Crippen LogP contribution in [-0.4, -0.2) is 40.7 Å². The quantitative estimate of drug-likeness (QED) is 0.454. The van der Waals surface area contributed by atoms with E-state index in [1.54, 1.807) is 24.3 Å². The molecule has 0 spiro atoms. The van der Waals surface area contributed by atoms with Crippen LogP contribution in [0.4, 0.5) is 0 Å². The molecular weight excluding hydrogens is 384 g/mol. The van der Waals surface area contributed by atoms with Gasteiger partial charge in [-0.05, 0) is 35.8 Å². The van der Waals surface area contributed by atoms with Crippen LogP contribution in [-0.2, 0) is 0 Å². The number of rotatable bonds is 5. The highest BCUT2D eigenvalue weighted by molar-refractivity contribution is 6.21. The molecule has 154 valence electrons. The maximum absolute atomic E-state index is 12.7. The number of amides is 2. The molecular formula is C27H24N2O2. The van der Waals surface area contributed by atoms with Crippen LogP contribution in [0.3, 0.4) is 0 Å². The van der Waals surface area contributed by atoms with Crippen LogP contribution in [0.15, 0.2) is 96.6 Å². The molecule has 0 aliphatic carbocycles. The zero-order valence-corrected chi connectivity index (χ0v) is 17.4. The molecule has 2 heterocycles. The highest BCUT2D eigenvalue weighted by Crippen LogP contribution is 2.34. The number of fused-ring (bicyclic) bond motifs is 1. The topological polar surface area (TPSA) is 40.6 Å². The predicted octanol–water partition coefficient (Wildman–Crippen LogP) is 4.70. The minimum atomic E-state index is -0.267. The average molecular weight is 409 g/mol. The number of carbonyl (C=O) groups is 2. The molecule has 2 aliphatic rings. The lowest BCUT2D eigenvalue weighted by Gasteiger charge is -2.41. The van der Waals surface area contributed by atoms with E-state index in [2.05, 4.69) is 59.5 Å². The second-order valence-corrected chi connectivity index (χ2v) is 8.22. The van der Waals surface area contributed by atoms with Gasteiger partial charge in [-0.15, -0.1) is 0 Å². The smallest absolute Gasteiger partial charge is 0.262 e. The Morgan fingerprint density at radius 2 is 1.16 bits per heavy atom. The second-order valence-electron chi connectivity index (χ2n) is 8.22. The van der Waals surface area contributed by atoms with Crippen molar-refractivity contribution in [2.75, 3.05) is 13.1 Å². The fraction of sp³-hybridized carbons (Fsp3) is 0.185. The van der Waals surface area contributed by atoms with Crippen LogP contribution >= 0.6 is 0 Å². The molecule has 4 nitrogen and oxygen atoms in total. The molecule has 0 radical (unpaired) electrons. The average Bonchev–Trinajstić information content (AvgIpc) is 3.04. The van der Waals surface area contributed by atoms with Gasteiger partial charge in [-0.3, -0.25) is 19.4 Å². The third-order valence-corrected chi connectivity index (χ3v) is 6.12. The Bertz CT molecular complexity index is 1070. The zero-order chi connectivity index (χ0) is 21.4. The Hall–Kier alpha value is -3.50. The van der Waals surface area contributed by atoms with E-state index in [9.17, 15) is 9.59 Å². The van der Waals surface area contributed by atoms with E-state index >= 15 is 0 Å². The molecule has 1 atom stereocenters. The van der Waals surface area contributed by atoms with E-state index < -0.39 is 0 Å². The van der Waals surface area contributed by atoms with Gasteiger partial charge in [0.15, 0.2) is 0 Å². The first kappa shape index (κ1) is 19.5. The summed E-state index contributed by atoms with van der Waals surface area (Å²) in [5, 5.41) is 0. The first-order valence-corrected chi connectivity index (χ1v) is 10.6. The molecule has 0 bridgehead atoms. The molecule has 0 N–H and O–H groups in total. The van der Waals surface area contributed by atoms with E-state index in [-0.39, 0.29) is 23.9 Å². The van der Waals surface area contributed by atoms with E-state index in [1.807, 2.05) is 19.1 Å². The number of carbonyl (C=O) groups excluding carboxylic acids is 2. The highest BCUT2D eigenvalue weighted by atomic mass is 16.2. The van der Waals surface area contributed by atoms with Gasteiger partial charge < -0.3 is 0 Å². The second kappa shape index (κ2) is 7.97. The molecule has 2 aliphatic heterocycles. The maximum Gasteiger partial charge on any atom is 0.262 e. The minimum absolute atomic E-state index is 0.189. The Labute approximate surface area is 182 Å². The van der Waals surface area contributed by atoms with Crippen LogP contribution in [0.2, 0.25) is 0 Å². The Morgan fingerprint density at radius 3 is 1.65 bits per heavy atom. The Morgan fingerprint density at radius 1 is 0.710 bits per heavy atom. The third-order valence-electron chi connectivity index (χ3n) is 6.12. The fourth-order valence-corrected chi connectivity index (χ4v) is 4.64. The SMILES string of the molecule is CC(C=C1CN(C(c2ccccc2)c2ccccc2)C1)N1C(=O)c2ccccc2C1=O. The monoisotopic (exact) mass is 408 g/mol. The van der Waals surface area contributed by atoms with Crippen molar-refractivity contribution in [3.8, 4) is 0 Å². The van der Waals surface area contributed by atoms with Crippen molar-refractivity contribution in [2.45, 2.75) is 19.0 Å². The van der Waals surface area contributed by atoms with Gasteiger partial charge in [0.05, 0.1) is 23.2 Å². The normalized spacial score (nSPS) is 17.0. The molecule has 0 saturated carbocycles. The van der Waals surface area contributed by atoms with Gasteiger partial charge in [0, 0.05) is 13.1 Å². The molecule has 1 saturated heterocycles. The lowest BCUT2D eigenvalue weighted by Crippen LogP contribution is -2.45. The summed E-state index contributed by atoms with van der Waals surface area (Å²) in [4.78, 5) is 29.3. The summed E-state index contributed by atoms with van der Waals surface area (Å²) < 4.78 is 0. The van der Waals surface area contributed by atoms with Crippen molar-refractivity contribution in [3.63, 3.8) is 0 Å². The lowest BCUT2D eigenvalue weighted by atomic mass is 9.92. The fourth-order valence-electron chi connectivity index (χ4n) is 4.64. The van der Waals surface area contributed by atoms with Crippen LogP contribution in [0.25, 0.3) is 0 Å². The lowest BCUT2D eigenvalue weighted by molar-refractivity contribution is 0.0623. The Kier molecular flexibility index (Phi) is 5.00. The number of imide groups is 1. The predicted molar refractivity (Wildman–Crippen MR) is 121 cm³/mol. The number of nitrogens with zero attached hydrogens (tertiary/aromatic N) is 2. The minimum Gasteiger partial charge on any atom is -0.284 e. The van der Waals surface area contributed by atoms with Gasteiger partial charge in [0.25, 0.3) is 11.8 Å². The molecule has 5 rings (SSSR count). The molecule has 0 aromatic heterocycles. The van der Waals surface area contributed by atoms with Crippen LogP contribution in [0, 0.1) is 0 Å². The van der Waals surface area contributed by atoms with Crippen molar-refractivity contribution in [2.24, 2.45) is 0 Å². The number of benzene rings is 3. The first-order valence-electron chi connectivity index (χ1n) is 10.6. The third kappa shape index (κ3) is 3.49. The van der Waals surface area contributed by atoms with Crippen molar-refractivity contribution in [3.05, 3.63) is 119 Å². The summed E-state index contributed by atoms with van der Waals surface area (Å²) in [5.74, 6) is -0.403. The van der Waals surface area contributed by atoms with Crippen LogP contribution in [0.1, 0.15) is 44.8 Å². The molecule has 4 heteroatoms. The van der Waals surface area contributed by atoms with Gasteiger partial charge >= 0.3 is 0 Å². The van der Waals surface area contributed by atoms with E-state index in [0.29, 0.717) is 11.1 Å². The summed E-state index contributed by atoms with van der Waals surface area (Å²) in [7, 11) is 0. The summed E-state index contributed by atoms with van der Waals surface area (Å²) in [6, 6.07) is 28.0. The molecule has 3 aromatic rings. The van der Waals surface area contributed by atoms with E-state index in [0.717, 1.165) is 13.1 Å². The van der Waals surface area contributed by atoms with Crippen LogP contribution < -0.4 is 0 Å². The summed E-state index contributed by atoms with van der Waals surface area (Å²) in [6.07, 6.45) is 2.07. The van der Waals surface area contributed by atoms with Crippen LogP contribution in [0.5, 0.6) is 0 Å². The van der Waals surface area contributed by atoms with Gasteiger partial charge in [-0.2, -0.15) is 0 Å². The molecule has 31 heavy (non-hydrogen) atoms. The largest absolute Gasteiger partial charge is 0.284 e.